The number of esters is 1. The van der Waals surface area contributed by atoms with Crippen LogP contribution in [0, 0.1) is 6.92 Å². The largest absolute Gasteiger partial charge is 0.468 e. The molecule has 6 heteroatoms. The van der Waals surface area contributed by atoms with Gasteiger partial charge in [0.25, 0.3) is 0 Å². The summed E-state index contributed by atoms with van der Waals surface area (Å²) >= 11 is 8.29. The van der Waals surface area contributed by atoms with Gasteiger partial charge >= 0.3 is 5.97 Å². The van der Waals surface area contributed by atoms with E-state index in [4.69, 9.17) is 21.7 Å². The average Bonchev–Trinajstić information content (AvgIpc) is 2.67. The molecule has 0 aliphatic carbocycles. The highest BCUT2D eigenvalue weighted by molar-refractivity contribution is 8.47. The molecule has 2 aromatic rings. The maximum atomic E-state index is 12.1. The standard InChI is InChI=1S/C20H22O3S3/c1-15-8-10-16(11-9-15)14-23-12-13-25-20(24)26-18(19(21)22-2)17-6-4-3-5-7-17/h3-11,18H,12-14H2,1-2H3. The van der Waals surface area contributed by atoms with Crippen LogP contribution in [0.4, 0.5) is 0 Å². The van der Waals surface area contributed by atoms with E-state index in [1.807, 2.05) is 30.3 Å². The van der Waals surface area contributed by atoms with Gasteiger partial charge in [-0.25, -0.2) is 0 Å². The van der Waals surface area contributed by atoms with Gasteiger partial charge in [-0.1, -0.05) is 84.1 Å². The second kappa shape index (κ2) is 11.4. The minimum atomic E-state index is -0.435. The fourth-order valence-electron chi connectivity index (χ4n) is 2.18. The molecule has 0 heterocycles. The molecule has 0 amide bonds. The topological polar surface area (TPSA) is 35.5 Å². The quantitative estimate of drug-likeness (QED) is 0.342. The van der Waals surface area contributed by atoms with Crippen molar-refractivity contribution in [1.82, 2.24) is 0 Å². The number of thioether (sulfide) groups is 2. The molecule has 0 N–H and O–H groups in total. The van der Waals surface area contributed by atoms with Crippen LogP contribution in [-0.4, -0.2) is 29.0 Å². The number of rotatable bonds is 8. The van der Waals surface area contributed by atoms with Gasteiger partial charge < -0.3 is 9.47 Å². The molecule has 0 bridgehead atoms. The van der Waals surface area contributed by atoms with Gasteiger partial charge in [0.2, 0.25) is 0 Å². The number of benzene rings is 2. The zero-order chi connectivity index (χ0) is 18.8. The van der Waals surface area contributed by atoms with Crippen LogP contribution in [0.25, 0.3) is 0 Å². The van der Waals surface area contributed by atoms with Crippen molar-refractivity contribution in [3.8, 4) is 0 Å². The van der Waals surface area contributed by atoms with Gasteiger partial charge in [-0.2, -0.15) is 0 Å². The molecule has 1 atom stereocenters. The van der Waals surface area contributed by atoms with Crippen LogP contribution < -0.4 is 0 Å². The molecule has 0 fully saturated rings. The highest BCUT2D eigenvalue weighted by Crippen LogP contribution is 2.34. The van der Waals surface area contributed by atoms with E-state index in [9.17, 15) is 4.79 Å². The highest BCUT2D eigenvalue weighted by Gasteiger charge is 2.23. The van der Waals surface area contributed by atoms with Gasteiger partial charge in [0.1, 0.15) is 8.78 Å². The molecule has 1 unspecified atom stereocenters. The number of aryl methyl sites for hydroxylation is 1. The summed E-state index contributed by atoms with van der Waals surface area (Å²) in [4.78, 5) is 12.1. The van der Waals surface area contributed by atoms with Crippen LogP contribution in [0.3, 0.4) is 0 Å². The molecule has 0 radical (unpaired) electrons. The predicted octanol–water partition coefficient (Wildman–Crippen LogP) is 5.18. The third-order valence-corrected chi connectivity index (χ3v) is 6.35. The van der Waals surface area contributed by atoms with E-state index in [2.05, 4.69) is 31.2 Å². The Kier molecular flexibility index (Phi) is 9.18. The Morgan fingerprint density at radius 2 is 1.81 bits per heavy atom. The third-order valence-electron chi connectivity index (χ3n) is 3.57. The molecule has 0 saturated carbocycles. The predicted molar refractivity (Wildman–Crippen MR) is 115 cm³/mol. The Labute approximate surface area is 168 Å². The van der Waals surface area contributed by atoms with Crippen molar-refractivity contribution in [3.63, 3.8) is 0 Å². The van der Waals surface area contributed by atoms with Gasteiger partial charge in [0.15, 0.2) is 0 Å². The summed E-state index contributed by atoms with van der Waals surface area (Å²) in [5.41, 5.74) is 3.29. The lowest BCUT2D eigenvalue weighted by Gasteiger charge is -2.14. The first kappa shape index (κ1) is 21.0. The van der Waals surface area contributed by atoms with Crippen LogP contribution >= 0.6 is 35.7 Å². The number of hydrogen-bond donors (Lipinski definition) is 0. The fourth-order valence-corrected chi connectivity index (χ4v) is 4.57. The van der Waals surface area contributed by atoms with Crippen LogP contribution in [0.2, 0.25) is 0 Å². The summed E-state index contributed by atoms with van der Waals surface area (Å²) < 4.78 is 11.3. The Bertz CT molecular complexity index is 702. The maximum absolute atomic E-state index is 12.1. The van der Waals surface area contributed by atoms with E-state index in [-0.39, 0.29) is 5.97 Å². The molecule has 3 nitrogen and oxygen atoms in total. The van der Waals surface area contributed by atoms with Gasteiger partial charge in [-0.15, -0.1) is 11.8 Å². The zero-order valence-corrected chi connectivity index (χ0v) is 17.3. The Balaban J connectivity index is 1.74. The van der Waals surface area contributed by atoms with Crippen molar-refractivity contribution in [2.75, 3.05) is 19.5 Å². The van der Waals surface area contributed by atoms with Crippen LogP contribution in [0.1, 0.15) is 21.9 Å². The molecule has 2 aromatic carbocycles. The molecule has 0 spiro atoms. The first-order valence-electron chi connectivity index (χ1n) is 8.19. The van der Waals surface area contributed by atoms with Crippen molar-refractivity contribution in [3.05, 3.63) is 71.3 Å². The van der Waals surface area contributed by atoms with E-state index in [0.29, 0.717) is 16.7 Å². The second-order valence-electron chi connectivity index (χ2n) is 5.57. The van der Waals surface area contributed by atoms with Crippen molar-refractivity contribution in [2.24, 2.45) is 0 Å². The minimum Gasteiger partial charge on any atom is -0.468 e. The van der Waals surface area contributed by atoms with Crippen LogP contribution in [0.5, 0.6) is 0 Å². The van der Waals surface area contributed by atoms with Crippen molar-refractivity contribution >= 4 is 45.2 Å². The first-order valence-corrected chi connectivity index (χ1v) is 10.5. The number of carbonyl (C=O) groups excluding carboxylic acids is 1. The number of thiocarbonyl (C=S) groups is 1. The summed E-state index contributed by atoms with van der Waals surface area (Å²) in [6.45, 7) is 3.26. The number of hydrogen-bond acceptors (Lipinski definition) is 6. The molecule has 0 aromatic heterocycles. The van der Waals surface area contributed by atoms with E-state index in [1.165, 1.54) is 36.2 Å². The van der Waals surface area contributed by atoms with E-state index >= 15 is 0 Å². The lowest BCUT2D eigenvalue weighted by atomic mass is 10.1. The third kappa shape index (κ3) is 7.11. The van der Waals surface area contributed by atoms with Crippen molar-refractivity contribution in [2.45, 2.75) is 18.8 Å². The lowest BCUT2D eigenvalue weighted by molar-refractivity contribution is -0.140. The highest BCUT2D eigenvalue weighted by atomic mass is 32.2. The first-order chi connectivity index (χ1) is 12.6. The number of carbonyl (C=O) groups is 1. The van der Waals surface area contributed by atoms with Crippen molar-refractivity contribution in [1.29, 1.82) is 0 Å². The Morgan fingerprint density at radius 1 is 1.12 bits per heavy atom. The van der Waals surface area contributed by atoms with Gasteiger partial charge in [-0.3, -0.25) is 4.79 Å². The molecular weight excluding hydrogens is 384 g/mol. The normalized spacial score (nSPS) is 11.8. The summed E-state index contributed by atoms with van der Waals surface area (Å²) in [5, 5.41) is -0.435. The number of ether oxygens (including phenoxy) is 2. The summed E-state index contributed by atoms with van der Waals surface area (Å²) in [6.07, 6.45) is 0. The van der Waals surface area contributed by atoms with Gasteiger partial charge in [0, 0.05) is 5.75 Å². The SMILES string of the molecule is COC(=O)C(SC(=S)SCCOCc1ccc(C)cc1)c1ccccc1. The van der Waals surface area contributed by atoms with Gasteiger partial charge in [-0.05, 0) is 18.1 Å². The van der Waals surface area contributed by atoms with Crippen LogP contribution in [-0.2, 0) is 20.9 Å². The summed E-state index contributed by atoms with van der Waals surface area (Å²) in [6, 6.07) is 17.8. The minimum absolute atomic E-state index is 0.292. The monoisotopic (exact) mass is 406 g/mol. The van der Waals surface area contributed by atoms with Crippen LogP contribution in [0.15, 0.2) is 54.6 Å². The molecule has 0 saturated heterocycles. The maximum Gasteiger partial charge on any atom is 0.323 e. The zero-order valence-electron chi connectivity index (χ0n) is 14.8. The average molecular weight is 407 g/mol. The molecular formula is C20H22O3S3. The Hall–Kier alpha value is -1.34. The van der Waals surface area contributed by atoms with E-state index in [0.717, 1.165) is 16.9 Å². The summed E-state index contributed by atoms with van der Waals surface area (Å²) in [7, 11) is 1.40. The second-order valence-corrected chi connectivity index (χ2v) is 8.97. The van der Waals surface area contributed by atoms with E-state index < -0.39 is 5.25 Å². The molecule has 138 valence electrons. The van der Waals surface area contributed by atoms with E-state index in [1.54, 1.807) is 0 Å². The molecule has 26 heavy (non-hydrogen) atoms. The summed E-state index contributed by atoms with van der Waals surface area (Å²) in [5.74, 6) is 0.458. The van der Waals surface area contributed by atoms with Crippen molar-refractivity contribution < 1.29 is 14.3 Å². The lowest BCUT2D eigenvalue weighted by Crippen LogP contribution is -2.12. The molecule has 2 rings (SSSR count). The fraction of sp³-hybridized carbons (Fsp3) is 0.300. The smallest absolute Gasteiger partial charge is 0.323 e. The van der Waals surface area contributed by atoms with Gasteiger partial charge in [0.05, 0.1) is 20.3 Å². The molecule has 0 aliphatic rings. The molecule has 0 aliphatic heterocycles. The number of methoxy groups -OCH3 is 1. The Morgan fingerprint density at radius 3 is 2.46 bits per heavy atom.